The second kappa shape index (κ2) is 10.4. The summed E-state index contributed by atoms with van der Waals surface area (Å²) in [7, 11) is 0. The predicted molar refractivity (Wildman–Crippen MR) is 129 cm³/mol. The molecule has 0 unspecified atom stereocenters. The van der Waals surface area contributed by atoms with Gasteiger partial charge in [0.1, 0.15) is 0 Å². The number of benzene rings is 3. The molecule has 0 aliphatic carbocycles. The molecule has 0 atom stereocenters. The number of aromatic nitrogens is 2. The molecule has 0 aliphatic heterocycles. The number of para-hydroxylation sites is 1. The number of carbonyl (C=O) groups is 2. The largest absolute Gasteiger partial charge is 0.352 e. The van der Waals surface area contributed by atoms with Crippen LogP contribution in [0.4, 0.5) is 0 Å². The van der Waals surface area contributed by atoms with Crippen LogP contribution >= 0.6 is 0 Å². The van der Waals surface area contributed by atoms with E-state index in [0.717, 1.165) is 28.1 Å². The van der Waals surface area contributed by atoms with E-state index in [-0.39, 0.29) is 24.8 Å². The third-order valence-electron chi connectivity index (χ3n) is 5.25. The second-order valence-corrected chi connectivity index (χ2v) is 7.80. The Labute approximate surface area is 193 Å². The molecule has 6 nitrogen and oxygen atoms in total. The van der Waals surface area contributed by atoms with Gasteiger partial charge in [0.25, 0.3) is 5.91 Å². The summed E-state index contributed by atoms with van der Waals surface area (Å²) in [4.78, 5) is 24.7. The van der Waals surface area contributed by atoms with Crippen molar-refractivity contribution >= 4 is 11.8 Å². The van der Waals surface area contributed by atoms with Crippen molar-refractivity contribution in [2.75, 3.05) is 6.54 Å². The van der Waals surface area contributed by atoms with Crippen LogP contribution in [-0.2, 0) is 11.3 Å². The zero-order chi connectivity index (χ0) is 23.0. The summed E-state index contributed by atoms with van der Waals surface area (Å²) in [5, 5.41) is 10.5. The highest BCUT2D eigenvalue weighted by molar-refractivity contribution is 5.94. The van der Waals surface area contributed by atoms with E-state index in [1.807, 2.05) is 96.7 Å². The van der Waals surface area contributed by atoms with E-state index in [9.17, 15) is 9.59 Å². The Balaban J connectivity index is 1.38. The molecule has 0 radical (unpaired) electrons. The average Bonchev–Trinajstić information content (AvgIpc) is 3.28. The zero-order valence-corrected chi connectivity index (χ0v) is 18.5. The average molecular weight is 439 g/mol. The first kappa shape index (κ1) is 22.0. The van der Waals surface area contributed by atoms with E-state index < -0.39 is 0 Å². The highest BCUT2D eigenvalue weighted by atomic mass is 16.2. The summed E-state index contributed by atoms with van der Waals surface area (Å²) in [6.07, 6.45) is 2.14. The van der Waals surface area contributed by atoms with Crippen molar-refractivity contribution in [1.82, 2.24) is 20.4 Å². The van der Waals surface area contributed by atoms with Crippen molar-refractivity contribution in [2.24, 2.45) is 0 Å². The maximum atomic E-state index is 12.4. The van der Waals surface area contributed by atoms with Gasteiger partial charge < -0.3 is 10.6 Å². The molecule has 4 rings (SSSR count). The van der Waals surface area contributed by atoms with Gasteiger partial charge >= 0.3 is 0 Å². The van der Waals surface area contributed by atoms with Crippen LogP contribution in [0.3, 0.4) is 0 Å². The van der Waals surface area contributed by atoms with Gasteiger partial charge in [0.15, 0.2) is 0 Å². The molecule has 0 saturated heterocycles. The molecule has 6 heteroatoms. The Kier molecular flexibility index (Phi) is 6.95. The van der Waals surface area contributed by atoms with Crippen molar-refractivity contribution in [2.45, 2.75) is 19.9 Å². The Bertz CT molecular complexity index is 1230. The second-order valence-electron chi connectivity index (χ2n) is 7.80. The lowest BCUT2D eigenvalue weighted by Gasteiger charge is -2.07. The van der Waals surface area contributed by atoms with E-state index >= 15 is 0 Å². The molecule has 0 bridgehead atoms. The van der Waals surface area contributed by atoms with Gasteiger partial charge in [0.05, 0.1) is 11.4 Å². The van der Waals surface area contributed by atoms with Crippen molar-refractivity contribution in [3.63, 3.8) is 0 Å². The van der Waals surface area contributed by atoms with Crippen LogP contribution in [0.1, 0.15) is 27.9 Å². The Morgan fingerprint density at radius 2 is 1.61 bits per heavy atom. The van der Waals surface area contributed by atoms with Crippen LogP contribution in [0.25, 0.3) is 16.9 Å². The normalized spacial score (nSPS) is 10.6. The smallest absolute Gasteiger partial charge is 0.251 e. The lowest BCUT2D eigenvalue weighted by Crippen LogP contribution is -2.30. The van der Waals surface area contributed by atoms with E-state index in [0.29, 0.717) is 12.1 Å². The number of hydrogen-bond acceptors (Lipinski definition) is 3. The van der Waals surface area contributed by atoms with Crippen LogP contribution in [0.2, 0.25) is 0 Å². The van der Waals surface area contributed by atoms with Crippen LogP contribution in [0.15, 0.2) is 91.1 Å². The highest BCUT2D eigenvalue weighted by Crippen LogP contribution is 2.23. The molecule has 0 aliphatic rings. The maximum Gasteiger partial charge on any atom is 0.251 e. The lowest BCUT2D eigenvalue weighted by atomic mass is 10.1. The number of rotatable bonds is 8. The third-order valence-corrected chi connectivity index (χ3v) is 5.25. The van der Waals surface area contributed by atoms with Crippen molar-refractivity contribution in [3.05, 3.63) is 108 Å². The number of hydrogen-bond donors (Lipinski definition) is 2. The van der Waals surface area contributed by atoms with Gasteiger partial charge in [-0.25, -0.2) is 4.68 Å². The quantitative estimate of drug-likeness (QED) is 0.431. The minimum atomic E-state index is -0.179. The third kappa shape index (κ3) is 5.74. The fraction of sp³-hybridized carbons (Fsp3) is 0.148. The summed E-state index contributed by atoms with van der Waals surface area (Å²) < 4.78 is 1.83. The van der Waals surface area contributed by atoms with Crippen molar-refractivity contribution < 1.29 is 9.59 Å². The monoisotopic (exact) mass is 438 g/mol. The molecular weight excluding hydrogens is 412 g/mol. The maximum absolute atomic E-state index is 12.4. The van der Waals surface area contributed by atoms with Gasteiger partial charge in [0, 0.05) is 42.4 Å². The first-order valence-corrected chi connectivity index (χ1v) is 10.9. The van der Waals surface area contributed by atoms with Crippen LogP contribution < -0.4 is 10.6 Å². The summed E-state index contributed by atoms with van der Waals surface area (Å²) >= 11 is 0. The molecule has 3 aromatic carbocycles. The van der Waals surface area contributed by atoms with Crippen LogP contribution in [0.5, 0.6) is 0 Å². The van der Waals surface area contributed by atoms with E-state index in [1.165, 1.54) is 0 Å². The molecular formula is C27H26N4O2. The van der Waals surface area contributed by atoms with Crippen LogP contribution in [-0.4, -0.2) is 28.1 Å². The van der Waals surface area contributed by atoms with Gasteiger partial charge in [-0.3, -0.25) is 9.59 Å². The summed E-state index contributed by atoms with van der Waals surface area (Å²) in [5.74, 6) is -0.312. The topological polar surface area (TPSA) is 76.0 Å². The Hall–Kier alpha value is -4.19. The molecule has 0 spiro atoms. The highest BCUT2D eigenvalue weighted by Gasteiger charge is 2.13. The number of nitrogens with zero attached hydrogens (tertiary/aromatic N) is 2. The molecule has 2 amide bonds. The lowest BCUT2D eigenvalue weighted by molar-refractivity contribution is -0.121. The van der Waals surface area contributed by atoms with Gasteiger partial charge in [-0.15, -0.1) is 0 Å². The fourth-order valence-electron chi connectivity index (χ4n) is 3.55. The SMILES string of the molecule is Cc1cccc(C(=O)NCCC(=O)NCc2cn(-c3ccccc3)nc2-c2ccccc2)c1. The molecule has 4 aromatic rings. The van der Waals surface area contributed by atoms with Crippen molar-refractivity contribution in [1.29, 1.82) is 0 Å². The van der Waals surface area contributed by atoms with E-state index in [4.69, 9.17) is 5.10 Å². The zero-order valence-electron chi connectivity index (χ0n) is 18.5. The number of nitrogens with one attached hydrogen (secondary N) is 2. The molecule has 0 saturated carbocycles. The van der Waals surface area contributed by atoms with Crippen molar-refractivity contribution in [3.8, 4) is 16.9 Å². The summed E-state index contributed by atoms with van der Waals surface area (Å²) in [6, 6.07) is 27.1. The number of amides is 2. The molecule has 2 N–H and O–H groups in total. The number of aryl methyl sites for hydroxylation is 1. The van der Waals surface area contributed by atoms with Gasteiger partial charge in [-0.2, -0.15) is 5.10 Å². The molecule has 166 valence electrons. The first-order chi connectivity index (χ1) is 16.1. The van der Waals surface area contributed by atoms with Crippen LogP contribution in [0, 0.1) is 6.92 Å². The summed E-state index contributed by atoms with van der Waals surface area (Å²) in [5.41, 5.74) is 5.30. The predicted octanol–water partition coefficient (Wildman–Crippen LogP) is 4.28. The molecule has 0 fully saturated rings. The molecule has 1 heterocycles. The van der Waals surface area contributed by atoms with E-state index in [2.05, 4.69) is 10.6 Å². The standard InChI is InChI=1S/C27H26N4O2/c1-20-9-8-12-22(17-20)27(33)28-16-15-25(32)29-18-23-19-31(24-13-6-3-7-14-24)30-26(23)21-10-4-2-5-11-21/h2-14,17,19H,15-16,18H2,1H3,(H,28,33)(H,29,32). The first-order valence-electron chi connectivity index (χ1n) is 10.9. The summed E-state index contributed by atoms with van der Waals surface area (Å²) in [6.45, 7) is 2.56. The van der Waals surface area contributed by atoms with Gasteiger partial charge in [0.2, 0.25) is 5.91 Å². The minimum absolute atomic E-state index is 0.133. The van der Waals surface area contributed by atoms with Gasteiger partial charge in [-0.1, -0.05) is 66.2 Å². The molecule has 33 heavy (non-hydrogen) atoms. The Morgan fingerprint density at radius 1 is 0.879 bits per heavy atom. The fourth-order valence-corrected chi connectivity index (χ4v) is 3.55. The Morgan fingerprint density at radius 3 is 2.33 bits per heavy atom. The van der Waals surface area contributed by atoms with E-state index in [1.54, 1.807) is 6.07 Å². The minimum Gasteiger partial charge on any atom is -0.352 e. The van der Waals surface area contributed by atoms with Gasteiger partial charge in [-0.05, 0) is 31.2 Å². The number of carbonyl (C=O) groups excluding carboxylic acids is 2. The molecule has 1 aromatic heterocycles.